The SMILES string of the molecule is Cc1ccc(C(=O)N/N=C/c2cc(I)cc(I)c2O)c(Cl)c1. The van der Waals surface area contributed by atoms with Gasteiger partial charge in [-0.15, -0.1) is 0 Å². The van der Waals surface area contributed by atoms with Crippen molar-refractivity contribution in [1.82, 2.24) is 5.43 Å². The maximum atomic E-state index is 12.0. The Labute approximate surface area is 160 Å². The molecule has 22 heavy (non-hydrogen) atoms. The first-order valence-electron chi connectivity index (χ1n) is 6.16. The van der Waals surface area contributed by atoms with E-state index in [1.165, 1.54) is 6.21 Å². The van der Waals surface area contributed by atoms with E-state index in [0.717, 1.165) is 12.7 Å². The van der Waals surface area contributed by atoms with Crippen LogP contribution in [0.25, 0.3) is 0 Å². The molecule has 0 bridgehead atoms. The predicted molar refractivity (Wildman–Crippen MR) is 105 cm³/mol. The Balaban J connectivity index is 2.14. The second kappa shape index (κ2) is 7.60. The molecule has 7 heteroatoms. The van der Waals surface area contributed by atoms with Crippen LogP contribution in [0.5, 0.6) is 5.75 Å². The lowest BCUT2D eigenvalue weighted by molar-refractivity contribution is 0.0955. The molecule has 0 saturated carbocycles. The maximum absolute atomic E-state index is 12.0. The topological polar surface area (TPSA) is 61.7 Å². The number of halogens is 3. The van der Waals surface area contributed by atoms with E-state index < -0.39 is 5.91 Å². The van der Waals surface area contributed by atoms with Crippen LogP contribution in [0.3, 0.4) is 0 Å². The average molecular weight is 541 g/mol. The van der Waals surface area contributed by atoms with Gasteiger partial charge in [0.15, 0.2) is 0 Å². The second-order valence-corrected chi connectivity index (χ2v) is 7.32. The van der Waals surface area contributed by atoms with E-state index in [9.17, 15) is 9.90 Å². The van der Waals surface area contributed by atoms with Gasteiger partial charge in [-0.2, -0.15) is 5.10 Å². The summed E-state index contributed by atoms with van der Waals surface area (Å²) in [6.07, 6.45) is 1.40. The molecule has 4 nitrogen and oxygen atoms in total. The van der Waals surface area contributed by atoms with Gasteiger partial charge in [0.25, 0.3) is 5.91 Å². The van der Waals surface area contributed by atoms with Crippen molar-refractivity contribution in [3.63, 3.8) is 0 Å². The summed E-state index contributed by atoms with van der Waals surface area (Å²) >= 11 is 10.2. The van der Waals surface area contributed by atoms with Crippen molar-refractivity contribution in [1.29, 1.82) is 0 Å². The van der Waals surface area contributed by atoms with E-state index >= 15 is 0 Å². The van der Waals surface area contributed by atoms with Crippen molar-refractivity contribution in [2.24, 2.45) is 5.10 Å². The van der Waals surface area contributed by atoms with E-state index in [1.807, 2.05) is 35.6 Å². The molecule has 0 aliphatic carbocycles. The van der Waals surface area contributed by atoms with Crippen molar-refractivity contribution in [2.75, 3.05) is 0 Å². The number of carbonyl (C=O) groups is 1. The molecule has 0 fully saturated rings. The average Bonchev–Trinajstić information content (AvgIpc) is 2.43. The molecule has 2 aromatic rings. The molecule has 0 spiro atoms. The van der Waals surface area contributed by atoms with Crippen molar-refractivity contribution < 1.29 is 9.90 Å². The van der Waals surface area contributed by atoms with E-state index in [-0.39, 0.29) is 5.75 Å². The summed E-state index contributed by atoms with van der Waals surface area (Å²) in [4.78, 5) is 12.0. The van der Waals surface area contributed by atoms with Crippen LogP contribution in [-0.4, -0.2) is 17.2 Å². The van der Waals surface area contributed by atoms with Crippen LogP contribution in [0.2, 0.25) is 5.02 Å². The number of nitrogens with one attached hydrogen (secondary N) is 1. The third-order valence-corrected chi connectivity index (χ3v) is 4.55. The quantitative estimate of drug-likeness (QED) is 0.346. The molecule has 0 atom stereocenters. The first-order valence-corrected chi connectivity index (χ1v) is 8.69. The first kappa shape index (κ1) is 17.5. The van der Waals surface area contributed by atoms with Gasteiger partial charge in [-0.1, -0.05) is 17.7 Å². The van der Waals surface area contributed by atoms with E-state index in [1.54, 1.807) is 24.3 Å². The monoisotopic (exact) mass is 540 g/mol. The lowest BCUT2D eigenvalue weighted by Gasteiger charge is -2.05. The van der Waals surface area contributed by atoms with Crippen molar-refractivity contribution in [3.05, 3.63) is 59.2 Å². The lowest BCUT2D eigenvalue weighted by Crippen LogP contribution is -2.18. The summed E-state index contributed by atoms with van der Waals surface area (Å²) in [5.41, 5.74) is 4.27. The molecule has 0 heterocycles. The highest BCUT2D eigenvalue weighted by atomic mass is 127. The number of hydrogen-bond acceptors (Lipinski definition) is 3. The van der Waals surface area contributed by atoms with Gasteiger partial charge < -0.3 is 5.11 Å². The zero-order valence-electron chi connectivity index (χ0n) is 11.4. The van der Waals surface area contributed by atoms with Crippen molar-refractivity contribution in [3.8, 4) is 5.75 Å². The first-order chi connectivity index (χ1) is 10.4. The fourth-order valence-electron chi connectivity index (χ4n) is 1.71. The fourth-order valence-corrected chi connectivity index (χ4v) is 3.92. The third kappa shape index (κ3) is 4.32. The molecule has 2 N–H and O–H groups in total. The largest absolute Gasteiger partial charge is 0.506 e. The Hall–Kier alpha value is -0.870. The van der Waals surface area contributed by atoms with Gasteiger partial charge in [-0.25, -0.2) is 5.43 Å². The normalized spacial score (nSPS) is 10.9. The smallest absolute Gasteiger partial charge is 0.272 e. The summed E-state index contributed by atoms with van der Waals surface area (Å²) in [6.45, 7) is 1.90. The molecule has 1 amide bonds. The number of aromatic hydroxyl groups is 1. The van der Waals surface area contributed by atoms with Crippen molar-refractivity contribution >= 4 is 68.9 Å². The van der Waals surface area contributed by atoms with Gasteiger partial charge in [0.1, 0.15) is 5.75 Å². The molecule has 0 aromatic heterocycles. The Bertz CT molecular complexity index is 763. The zero-order chi connectivity index (χ0) is 16.3. The molecule has 114 valence electrons. The third-order valence-electron chi connectivity index (χ3n) is 2.80. The number of benzene rings is 2. The van der Waals surface area contributed by atoms with Crippen LogP contribution < -0.4 is 5.43 Å². The highest BCUT2D eigenvalue weighted by Crippen LogP contribution is 2.25. The van der Waals surface area contributed by atoms with Crippen LogP contribution in [0.4, 0.5) is 0 Å². The number of phenols is 1. The highest BCUT2D eigenvalue weighted by Gasteiger charge is 2.09. The number of aryl methyl sites for hydroxylation is 1. The van der Waals surface area contributed by atoms with Gasteiger partial charge in [-0.05, 0) is 81.9 Å². The minimum Gasteiger partial charge on any atom is -0.506 e. The Morgan fingerprint density at radius 3 is 2.73 bits per heavy atom. The van der Waals surface area contributed by atoms with Crippen LogP contribution in [-0.2, 0) is 0 Å². The fraction of sp³-hybridized carbons (Fsp3) is 0.0667. The molecule has 0 unspecified atom stereocenters. The lowest BCUT2D eigenvalue weighted by atomic mass is 10.1. The molecule has 0 aliphatic heterocycles. The van der Waals surface area contributed by atoms with E-state index in [4.69, 9.17) is 11.6 Å². The Morgan fingerprint density at radius 1 is 1.32 bits per heavy atom. The Morgan fingerprint density at radius 2 is 2.05 bits per heavy atom. The summed E-state index contributed by atoms with van der Waals surface area (Å²) in [7, 11) is 0. The minimum absolute atomic E-state index is 0.132. The van der Waals surface area contributed by atoms with Gasteiger partial charge in [0.05, 0.1) is 20.4 Å². The predicted octanol–water partition coefficient (Wildman–Crippen LogP) is 4.33. The van der Waals surface area contributed by atoms with Gasteiger partial charge in [0.2, 0.25) is 0 Å². The van der Waals surface area contributed by atoms with E-state index in [2.05, 4.69) is 33.1 Å². The van der Waals surface area contributed by atoms with Crippen LogP contribution in [0.1, 0.15) is 21.5 Å². The number of rotatable bonds is 3. The molecule has 2 rings (SSSR count). The molecule has 2 aromatic carbocycles. The number of hydrogen-bond donors (Lipinski definition) is 2. The standard InChI is InChI=1S/C15H11ClI2N2O2/c1-8-2-3-11(12(16)4-8)15(22)20-19-7-9-5-10(17)6-13(18)14(9)21/h2-7,21H,1H3,(H,20,22)/b19-7+. The maximum Gasteiger partial charge on any atom is 0.272 e. The molecule has 0 saturated heterocycles. The van der Waals surface area contributed by atoms with Crippen LogP contribution in [0.15, 0.2) is 35.4 Å². The summed E-state index contributed by atoms with van der Waals surface area (Å²) in [6, 6.07) is 8.78. The highest BCUT2D eigenvalue weighted by molar-refractivity contribution is 14.1. The number of nitrogens with zero attached hydrogens (tertiary/aromatic N) is 1. The van der Waals surface area contributed by atoms with E-state index in [0.29, 0.717) is 16.1 Å². The minimum atomic E-state index is -0.402. The van der Waals surface area contributed by atoms with Gasteiger partial charge >= 0.3 is 0 Å². The summed E-state index contributed by atoms with van der Waals surface area (Å²) in [5, 5.41) is 14.2. The second-order valence-electron chi connectivity index (χ2n) is 4.51. The van der Waals surface area contributed by atoms with Crippen molar-refractivity contribution in [2.45, 2.75) is 6.92 Å². The van der Waals surface area contributed by atoms with Crippen LogP contribution in [0, 0.1) is 14.1 Å². The van der Waals surface area contributed by atoms with Crippen LogP contribution >= 0.6 is 56.8 Å². The summed E-state index contributed by atoms with van der Waals surface area (Å²) < 4.78 is 1.69. The summed E-state index contributed by atoms with van der Waals surface area (Å²) in [5.74, 6) is -0.270. The number of hydrazone groups is 1. The van der Waals surface area contributed by atoms with Gasteiger partial charge in [0, 0.05) is 9.13 Å². The molecule has 0 radical (unpaired) electrons. The zero-order valence-corrected chi connectivity index (χ0v) is 16.5. The number of carbonyl (C=O) groups excluding carboxylic acids is 1. The molecular formula is C15H11ClI2N2O2. The van der Waals surface area contributed by atoms with Gasteiger partial charge in [-0.3, -0.25) is 4.79 Å². The number of amides is 1. The molecular weight excluding hydrogens is 529 g/mol. The molecule has 0 aliphatic rings. The Kier molecular flexibility index (Phi) is 6.04. The number of phenolic OH excluding ortho intramolecular Hbond substituents is 1.